The van der Waals surface area contributed by atoms with Crippen molar-refractivity contribution in [3.05, 3.63) is 0 Å². The highest BCUT2D eigenvalue weighted by atomic mass is 16.3. The fourth-order valence-corrected chi connectivity index (χ4v) is 7.78. The van der Waals surface area contributed by atoms with Gasteiger partial charge in [-0.1, -0.05) is 19.8 Å². The van der Waals surface area contributed by atoms with E-state index >= 15 is 0 Å². The number of likely N-dealkylation sites (N-methyl/N-ethyl adjacent to an activating group) is 1. The summed E-state index contributed by atoms with van der Waals surface area (Å²) in [5, 5.41) is 13.5. The predicted molar refractivity (Wildman–Crippen MR) is 116 cm³/mol. The van der Waals surface area contributed by atoms with Crippen LogP contribution in [0.3, 0.4) is 0 Å². The zero-order chi connectivity index (χ0) is 19.6. The molecule has 4 bridgehead atoms. The summed E-state index contributed by atoms with van der Waals surface area (Å²) in [7, 11) is 2.07. The first-order valence-electron chi connectivity index (χ1n) is 12.4. The molecule has 5 rings (SSSR count). The van der Waals surface area contributed by atoms with E-state index in [1.807, 2.05) is 0 Å². The molecule has 4 saturated carbocycles. The van der Waals surface area contributed by atoms with E-state index in [1.54, 1.807) is 19.3 Å². The summed E-state index contributed by atoms with van der Waals surface area (Å²) in [6.07, 6.45) is 14.4. The topological polar surface area (TPSA) is 38.7 Å². The average molecular weight is 392 g/mol. The normalized spacial score (nSPS) is 39.5. The molecular weight excluding hydrogens is 346 g/mol. The van der Waals surface area contributed by atoms with Gasteiger partial charge in [-0.15, -0.1) is 0 Å². The summed E-state index contributed by atoms with van der Waals surface area (Å²) in [6, 6.07) is 0.966. The molecule has 4 heteroatoms. The van der Waals surface area contributed by atoms with Crippen LogP contribution >= 0.6 is 0 Å². The highest BCUT2D eigenvalue weighted by Crippen LogP contribution is 2.61. The number of rotatable bonds is 10. The largest absolute Gasteiger partial charge is 0.395 e. The zero-order valence-electron chi connectivity index (χ0n) is 18.5. The smallest absolute Gasteiger partial charge is 0.0599 e. The molecule has 162 valence electrons. The first-order chi connectivity index (χ1) is 13.6. The summed E-state index contributed by atoms with van der Waals surface area (Å²) >= 11 is 0. The van der Waals surface area contributed by atoms with Gasteiger partial charge in [0.25, 0.3) is 0 Å². The van der Waals surface area contributed by atoms with Gasteiger partial charge in [-0.05, 0) is 88.1 Å². The van der Waals surface area contributed by atoms with Crippen molar-refractivity contribution >= 4 is 0 Å². The Morgan fingerprint density at radius 3 is 2.32 bits per heavy atom. The van der Waals surface area contributed by atoms with E-state index in [2.05, 4.69) is 29.1 Å². The Hall–Kier alpha value is -0.160. The number of unbranched alkanes of at least 4 members (excludes halogenated alkanes) is 1. The third-order valence-corrected chi connectivity index (χ3v) is 8.79. The van der Waals surface area contributed by atoms with Crippen molar-refractivity contribution in [3.63, 3.8) is 0 Å². The first-order valence-corrected chi connectivity index (χ1v) is 12.4. The lowest BCUT2D eigenvalue weighted by molar-refractivity contribution is -0.0675. The molecule has 0 aromatic carbocycles. The van der Waals surface area contributed by atoms with Gasteiger partial charge in [-0.25, -0.2) is 0 Å². The molecule has 4 nitrogen and oxygen atoms in total. The molecule has 0 amide bonds. The van der Waals surface area contributed by atoms with E-state index in [4.69, 9.17) is 0 Å². The molecule has 1 heterocycles. The number of aliphatic hydroxyl groups excluding tert-OH is 1. The Labute approximate surface area is 173 Å². The van der Waals surface area contributed by atoms with Gasteiger partial charge in [0.2, 0.25) is 0 Å². The molecule has 0 unspecified atom stereocenters. The van der Waals surface area contributed by atoms with E-state index in [1.165, 1.54) is 58.0 Å². The maximum absolute atomic E-state index is 10.1. The second-order valence-electron chi connectivity index (χ2n) is 10.9. The molecule has 5 aliphatic rings. The Morgan fingerprint density at radius 1 is 1.07 bits per heavy atom. The van der Waals surface area contributed by atoms with Crippen LogP contribution in [0, 0.1) is 23.2 Å². The second kappa shape index (κ2) is 9.32. The van der Waals surface area contributed by atoms with E-state index in [9.17, 15) is 5.11 Å². The number of nitrogens with zero attached hydrogens (tertiary/aromatic N) is 2. The van der Waals surface area contributed by atoms with Crippen LogP contribution in [-0.2, 0) is 0 Å². The van der Waals surface area contributed by atoms with Gasteiger partial charge in [0.05, 0.1) is 6.61 Å². The Bertz CT molecular complexity index is 461. The summed E-state index contributed by atoms with van der Waals surface area (Å²) in [5.74, 6) is 3.16. The van der Waals surface area contributed by atoms with Crippen molar-refractivity contribution in [3.8, 4) is 0 Å². The van der Waals surface area contributed by atoms with Crippen molar-refractivity contribution in [2.24, 2.45) is 23.2 Å². The van der Waals surface area contributed by atoms with Crippen LogP contribution < -0.4 is 5.32 Å². The lowest BCUT2D eigenvalue weighted by Crippen LogP contribution is -2.59. The molecule has 0 aromatic heterocycles. The van der Waals surface area contributed by atoms with Crippen molar-refractivity contribution < 1.29 is 5.11 Å². The summed E-state index contributed by atoms with van der Waals surface area (Å²) in [6.45, 7) is 8.26. The minimum Gasteiger partial charge on any atom is -0.395 e. The minimum absolute atomic E-state index is 0.317. The van der Waals surface area contributed by atoms with Crippen LogP contribution in [0.5, 0.6) is 0 Å². The quantitative estimate of drug-likeness (QED) is 0.599. The maximum atomic E-state index is 10.1. The summed E-state index contributed by atoms with van der Waals surface area (Å²) < 4.78 is 0. The van der Waals surface area contributed by atoms with E-state index in [0.29, 0.717) is 24.1 Å². The molecule has 2 N–H and O–H groups in total. The molecule has 1 saturated heterocycles. The van der Waals surface area contributed by atoms with Gasteiger partial charge in [0.1, 0.15) is 0 Å². The molecule has 0 spiro atoms. The van der Waals surface area contributed by atoms with Gasteiger partial charge in [0.15, 0.2) is 0 Å². The highest BCUT2D eigenvalue weighted by Gasteiger charge is 2.50. The summed E-state index contributed by atoms with van der Waals surface area (Å²) in [5.41, 5.74) is 0.668. The van der Waals surface area contributed by atoms with Gasteiger partial charge >= 0.3 is 0 Å². The Balaban J connectivity index is 1.31. The third-order valence-electron chi connectivity index (χ3n) is 8.79. The standard InChI is InChI=1S/C24H45N3O/c1-3-4-5-22(16-25-2)27-9-8-26(23(17-27)18-28)7-6-24-13-19-10-20(14-24)12-21(11-19)15-24/h19-23,25,28H,3-18H2,1-2H3/t19?,20?,21?,22-,23-,24?/m0/s1. The predicted octanol–water partition coefficient (Wildman–Crippen LogP) is 3.35. The number of hydrogen-bond donors (Lipinski definition) is 2. The highest BCUT2D eigenvalue weighted by molar-refractivity contribution is 5.02. The van der Waals surface area contributed by atoms with Gasteiger partial charge in [0, 0.05) is 38.3 Å². The molecule has 4 aliphatic carbocycles. The van der Waals surface area contributed by atoms with E-state index < -0.39 is 0 Å². The van der Waals surface area contributed by atoms with Crippen LogP contribution in [0.4, 0.5) is 0 Å². The number of nitrogens with one attached hydrogen (secondary N) is 1. The van der Waals surface area contributed by atoms with Crippen molar-refractivity contribution in [1.29, 1.82) is 0 Å². The molecule has 0 radical (unpaired) electrons. The third kappa shape index (κ3) is 4.61. The molecular formula is C24H45N3O. The average Bonchev–Trinajstić information content (AvgIpc) is 2.68. The SMILES string of the molecule is CCCC[C@@H](CNC)N1CCN(CCC23CC4CC(CC(C4)C2)C3)[C@H](CO)C1. The number of aliphatic hydroxyl groups is 1. The van der Waals surface area contributed by atoms with Crippen LogP contribution in [0.25, 0.3) is 0 Å². The van der Waals surface area contributed by atoms with Crippen molar-refractivity contribution in [2.75, 3.05) is 46.4 Å². The molecule has 2 atom stereocenters. The van der Waals surface area contributed by atoms with E-state index in [-0.39, 0.29) is 0 Å². The van der Waals surface area contributed by atoms with Crippen molar-refractivity contribution in [1.82, 2.24) is 15.1 Å². The van der Waals surface area contributed by atoms with Crippen LogP contribution in [0.15, 0.2) is 0 Å². The van der Waals surface area contributed by atoms with Gasteiger partial charge in [-0.2, -0.15) is 0 Å². The second-order valence-corrected chi connectivity index (χ2v) is 10.9. The van der Waals surface area contributed by atoms with Crippen LogP contribution in [0.2, 0.25) is 0 Å². The Kier molecular flexibility index (Phi) is 7.02. The van der Waals surface area contributed by atoms with Gasteiger partial charge < -0.3 is 10.4 Å². The van der Waals surface area contributed by atoms with E-state index in [0.717, 1.165) is 37.4 Å². The lowest BCUT2D eigenvalue weighted by Gasteiger charge is -2.57. The first kappa shape index (κ1) is 21.1. The van der Waals surface area contributed by atoms with Crippen molar-refractivity contribution in [2.45, 2.75) is 83.2 Å². The number of hydrogen-bond acceptors (Lipinski definition) is 4. The van der Waals surface area contributed by atoms with Crippen LogP contribution in [-0.4, -0.2) is 73.4 Å². The molecule has 5 fully saturated rings. The van der Waals surface area contributed by atoms with Crippen LogP contribution in [0.1, 0.15) is 71.1 Å². The monoisotopic (exact) mass is 391 g/mol. The maximum Gasteiger partial charge on any atom is 0.0599 e. The fourth-order valence-electron chi connectivity index (χ4n) is 7.78. The fraction of sp³-hybridized carbons (Fsp3) is 1.00. The minimum atomic E-state index is 0.317. The molecule has 0 aromatic rings. The molecule has 1 aliphatic heterocycles. The summed E-state index contributed by atoms with van der Waals surface area (Å²) in [4.78, 5) is 5.31. The lowest BCUT2D eigenvalue weighted by atomic mass is 9.49. The molecule has 28 heavy (non-hydrogen) atoms. The zero-order valence-corrected chi connectivity index (χ0v) is 18.5. The Morgan fingerprint density at radius 2 is 1.75 bits per heavy atom. The number of piperazine rings is 1. The van der Waals surface area contributed by atoms with Gasteiger partial charge in [-0.3, -0.25) is 9.80 Å².